The number of carbonyl (C=O) groups excluding carboxylic acids is 2. The Kier molecular flexibility index (Phi) is 5.58. The van der Waals surface area contributed by atoms with E-state index in [0.717, 1.165) is 0 Å². The average Bonchev–Trinajstić information content (AvgIpc) is 2.59. The van der Waals surface area contributed by atoms with Crippen molar-refractivity contribution in [3.63, 3.8) is 0 Å². The lowest BCUT2D eigenvalue weighted by atomic mass is 10.1. The van der Waals surface area contributed by atoms with Crippen molar-refractivity contribution in [1.29, 1.82) is 5.26 Å². The van der Waals surface area contributed by atoms with Crippen LogP contribution in [0, 0.1) is 11.3 Å². The zero-order chi connectivity index (χ0) is 17.5. The van der Waals surface area contributed by atoms with Crippen molar-refractivity contribution in [2.24, 2.45) is 0 Å². The van der Waals surface area contributed by atoms with Crippen LogP contribution in [0.2, 0.25) is 0 Å². The Bertz CT molecular complexity index is 765. The topological polar surface area (TPSA) is 76.4 Å². The van der Waals surface area contributed by atoms with Crippen LogP contribution in [0.5, 0.6) is 5.75 Å². The molecule has 24 heavy (non-hydrogen) atoms. The van der Waals surface area contributed by atoms with Crippen LogP contribution in [0.25, 0.3) is 0 Å². The van der Waals surface area contributed by atoms with E-state index in [0.29, 0.717) is 5.56 Å². The van der Waals surface area contributed by atoms with E-state index in [4.69, 9.17) is 10.00 Å². The van der Waals surface area contributed by atoms with Gasteiger partial charge in [-0.25, -0.2) is 4.79 Å². The van der Waals surface area contributed by atoms with Crippen LogP contribution < -0.4 is 4.74 Å². The van der Waals surface area contributed by atoms with Crippen LogP contribution in [-0.4, -0.2) is 25.0 Å². The van der Waals surface area contributed by atoms with Crippen molar-refractivity contribution < 1.29 is 27.8 Å². The van der Waals surface area contributed by atoms with Gasteiger partial charge in [0.2, 0.25) is 0 Å². The van der Waals surface area contributed by atoms with Gasteiger partial charge in [0.05, 0.1) is 17.2 Å². The van der Waals surface area contributed by atoms with Crippen LogP contribution in [0.4, 0.5) is 8.78 Å². The molecular formula is C17H11F2NO4. The van der Waals surface area contributed by atoms with Gasteiger partial charge < -0.3 is 9.47 Å². The second-order valence-electron chi connectivity index (χ2n) is 4.59. The summed E-state index contributed by atoms with van der Waals surface area (Å²) in [5, 5.41) is 8.68. The van der Waals surface area contributed by atoms with E-state index in [-0.39, 0.29) is 16.9 Å². The molecule has 0 saturated carbocycles. The number of rotatable bonds is 6. The molecule has 0 saturated heterocycles. The van der Waals surface area contributed by atoms with E-state index in [2.05, 4.69) is 4.74 Å². The van der Waals surface area contributed by atoms with Crippen LogP contribution in [0.1, 0.15) is 26.3 Å². The minimum absolute atomic E-state index is 0.0730. The second-order valence-corrected chi connectivity index (χ2v) is 4.59. The minimum atomic E-state index is -2.94. The van der Waals surface area contributed by atoms with Crippen molar-refractivity contribution in [3.8, 4) is 11.8 Å². The summed E-state index contributed by atoms with van der Waals surface area (Å²) in [7, 11) is 0. The first kappa shape index (κ1) is 17.1. The molecule has 122 valence electrons. The molecule has 0 unspecified atom stereocenters. The molecule has 0 N–H and O–H groups in total. The van der Waals surface area contributed by atoms with Gasteiger partial charge >= 0.3 is 12.6 Å². The molecule has 0 atom stereocenters. The number of ether oxygens (including phenoxy) is 2. The summed E-state index contributed by atoms with van der Waals surface area (Å²) in [4.78, 5) is 23.7. The molecule has 0 spiro atoms. The van der Waals surface area contributed by atoms with Gasteiger partial charge in [-0.05, 0) is 48.5 Å². The highest BCUT2D eigenvalue weighted by Crippen LogP contribution is 2.15. The number of Topliss-reactive ketones (excluding diaryl/α,β-unsaturated/α-hetero) is 1. The number of hydrogen-bond donors (Lipinski definition) is 0. The number of nitrogens with zero attached hydrogens (tertiary/aromatic N) is 1. The Morgan fingerprint density at radius 2 is 1.58 bits per heavy atom. The number of alkyl halides is 2. The number of carbonyl (C=O) groups is 2. The van der Waals surface area contributed by atoms with Gasteiger partial charge in [-0.1, -0.05) is 0 Å². The predicted octanol–water partition coefficient (Wildman–Crippen LogP) is 3.20. The van der Waals surface area contributed by atoms with Crippen LogP contribution in [0.3, 0.4) is 0 Å². The number of hydrogen-bond acceptors (Lipinski definition) is 5. The summed E-state index contributed by atoms with van der Waals surface area (Å²) in [6.45, 7) is -3.44. The fourth-order valence-electron chi connectivity index (χ4n) is 1.80. The van der Waals surface area contributed by atoms with E-state index in [9.17, 15) is 18.4 Å². The van der Waals surface area contributed by atoms with Crippen molar-refractivity contribution in [1.82, 2.24) is 0 Å². The standard InChI is InChI=1S/C17H11F2NO4/c18-17(19)24-14-7-5-12(6-8-14)15(21)10-23-16(22)13-3-1-11(9-20)2-4-13/h1-8,17H,10H2. The van der Waals surface area contributed by atoms with Gasteiger partial charge in [-0.3, -0.25) is 4.79 Å². The molecule has 0 aromatic heterocycles. The Morgan fingerprint density at radius 1 is 1.00 bits per heavy atom. The molecule has 5 nitrogen and oxygen atoms in total. The lowest BCUT2D eigenvalue weighted by molar-refractivity contribution is -0.0498. The third-order valence-corrected chi connectivity index (χ3v) is 2.99. The van der Waals surface area contributed by atoms with Gasteiger partial charge in [-0.2, -0.15) is 14.0 Å². The van der Waals surface area contributed by atoms with Crippen molar-refractivity contribution in [2.45, 2.75) is 6.61 Å². The number of benzene rings is 2. The molecule has 0 aliphatic carbocycles. The highest BCUT2D eigenvalue weighted by Gasteiger charge is 2.12. The van der Waals surface area contributed by atoms with E-state index in [1.807, 2.05) is 6.07 Å². The number of nitriles is 1. The maximum absolute atomic E-state index is 12.0. The largest absolute Gasteiger partial charge is 0.454 e. The zero-order valence-electron chi connectivity index (χ0n) is 12.2. The Morgan fingerprint density at radius 3 is 2.12 bits per heavy atom. The quantitative estimate of drug-likeness (QED) is 0.600. The number of esters is 1. The smallest absolute Gasteiger partial charge is 0.387 e. The molecule has 2 rings (SSSR count). The van der Waals surface area contributed by atoms with Crippen molar-refractivity contribution in [2.75, 3.05) is 6.61 Å². The van der Waals surface area contributed by atoms with Crippen molar-refractivity contribution in [3.05, 3.63) is 65.2 Å². The second kappa shape index (κ2) is 7.83. The third-order valence-electron chi connectivity index (χ3n) is 2.99. The molecule has 2 aromatic rings. The van der Waals surface area contributed by atoms with Gasteiger partial charge in [0, 0.05) is 5.56 Å². The summed E-state index contributed by atoms with van der Waals surface area (Å²) in [5.41, 5.74) is 0.806. The first-order chi connectivity index (χ1) is 11.5. The van der Waals surface area contributed by atoms with Gasteiger partial charge in [0.15, 0.2) is 12.4 Å². The molecule has 7 heteroatoms. The normalized spacial score (nSPS) is 10.1. The molecule has 0 aliphatic heterocycles. The Hall–Kier alpha value is -3.27. The maximum atomic E-state index is 12.0. The van der Waals surface area contributed by atoms with Crippen LogP contribution in [0.15, 0.2) is 48.5 Å². The highest BCUT2D eigenvalue weighted by atomic mass is 19.3. The third kappa shape index (κ3) is 4.61. The van der Waals surface area contributed by atoms with Gasteiger partial charge in [0.25, 0.3) is 0 Å². The molecule has 0 aliphatic rings. The number of ketones is 1. The highest BCUT2D eigenvalue weighted by molar-refractivity contribution is 5.99. The fraction of sp³-hybridized carbons (Fsp3) is 0.118. The SMILES string of the molecule is N#Cc1ccc(C(=O)OCC(=O)c2ccc(OC(F)F)cc2)cc1. The molecule has 0 radical (unpaired) electrons. The first-order valence-corrected chi connectivity index (χ1v) is 6.75. The van der Waals surface area contributed by atoms with E-state index in [1.165, 1.54) is 48.5 Å². The zero-order valence-corrected chi connectivity index (χ0v) is 12.2. The monoisotopic (exact) mass is 331 g/mol. The predicted molar refractivity (Wildman–Crippen MR) is 78.8 cm³/mol. The Balaban J connectivity index is 1.92. The fourth-order valence-corrected chi connectivity index (χ4v) is 1.80. The summed E-state index contributed by atoms with van der Waals surface area (Å²) < 4.78 is 33.1. The number of halogens is 2. The van der Waals surface area contributed by atoms with Crippen molar-refractivity contribution >= 4 is 11.8 Å². The van der Waals surface area contributed by atoms with Gasteiger partial charge in [-0.15, -0.1) is 0 Å². The lowest BCUT2D eigenvalue weighted by Crippen LogP contribution is -2.14. The maximum Gasteiger partial charge on any atom is 0.387 e. The molecule has 0 amide bonds. The summed E-state index contributed by atoms with van der Waals surface area (Å²) in [6.07, 6.45) is 0. The van der Waals surface area contributed by atoms with E-state index < -0.39 is 25.0 Å². The Labute approximate surface area is 136 Å². The van der Waals surface area contributed by atoms with E-state index in [1.54, 1.807) is 0 Å². The van der Waals surface area contributed by atoms with Gasteiger partial charge in [0.1, 0.15) is 5.75 Å². The van der Waals surface area contributed by atoms with E-state index >= 15 is 0 Å². The van der Waals surface area contributed by atoms with Crippen LogP contribution >= 0.6 is 0 Å². The first-order valence-electron chi connectivity index (χ1n) is 6.75. The molecule has 2 aromatic carbocycles. The minimum Gasteiger partial charge on any atom is -0.454 e. The molecule has 0 heterocycles. The summed E-state index contributed by atoms with van der Waals surface area (Å²) in [6, 6.07) is 12.7. The molecule has 0 bridgehead atoms. The molecular weight excluding hydrogens is 320 g/mol. The summed E-state index contributed by atoms with van der Waals surface area (Å²) in [5.74, 6) is -1.26. The average molecular weight is 331 g/mol. The molecule has 0 fully saturated rings. The summed E-state index contributed by atoms with van der Waals surface area (Å²) >= 11 is 0. The van der Waals surface area contributed by atoms with Crippen LogP contribution in [-0.2, 0) is 4.74 Å². The lowest BCUT2D eigenvalue weighted by Gasteiger charge is -2.06.